The van der Waals surface area contributed by atoms with E-state index in [4.69, 9.17) is 19.7 Å². The molecule has 10 N–H and O–H groups in total. The Balaban J connectivity index is 1.02. The average Bonchev–Trinajstić information content (AvgIpc) is 1.79. The zero-order chi connectivity index (χ0) is 65.0. The maximum absolute atomic E-state index is 14.6. The first-order valence-corrected chi connectivity index (χ1v) is 33.0. The third-order valence-electron chi connectivity index (χ3n) is 13.7. The van der Waals surface area contributed by atoms with Crippen molar-refractivity contribution in [1.82, 2.24) is 77.1 Å². The Morgan fingerprint density at radius 3 is 2.02 bits per heavy atom. The molecular weight excluding hydrogens is 1290 g/mol. The van der Waals surface area contributed by atoms with E-state index in [0.717, 1.165) is 73.2 Å². The maximum atomic E-state index is 14.6. The number of pyridine rings is 1. The number of carbonyl (C=O) groups is 8. The summed E-state index contributed by atoms with van der Waals surface area (Å²) in [6.45, 7) is 12.2. The molecule has 10 rings (SSSR count). The van der Waals surface area contributed by atoms with Gasteiger partial charge in [0.25, 0.3) is 29.5 Å². The van der Waals surface area contributed by atoms with Gasteiger partial charge in [-0.2, -0.15) is 0 Å². The molecule has 470 valence electrons. The van der Waals surface area contributed by atoms with Crippen molar-refractivity contribution in [2.75, 3.05) is 6.54 Å². The van der Waals surface area contributed by atoms with E-state index in [-0.39, 0.29) is 84.5 Å². The Labute approximate surface area is 542 Å². The van der Waals surface area contributed by atoms with E-state index in [0.29, 0.717) is 32.7 Å². The number of allylic oxidation sites excluding steroid dienone is 2. The topological polar surface area (TPSA) is 376 Å². The molecule has 0 fully saturated rings. The van der Waals surface area contributed by atoms with Gasteiger partial charge in [0.2, 0.25) is 5.91 Å². The molecule has 8 bridgehead atoms. The Kier molecular flexibility index (Phi) is 19.6. The van der Waals surface area contributed by atoms with Crippen LogP contribution in [0.5, 0.6) is 0 Å². The lowest BCUT2D eigenvalue weighted by atomic mass is 9.99. The molecule has 9 heterocycles. The number of aliphatic hydroxyl groups excluding tert-OH is 1. The number of ketones is 1. The number of nitrogens with one attached hydrogen (secondary N) is 8. The smallest absolute Gasteiger partial charge is 0.407 e. The summed E-state index contributed by atoms with van der Waals surface area (Å²) in [6, 6.07) is 7.40. The van der Waals surface area contributed by atoms with Crippen LogP contribution in [0.1, 0.15) is 129 Å². The predicted molar refractivity (Wildman–Crippen MR) is 345 cm³/mol. The number of rotatable bonds is 13. The van der Waals surface area contributed by atoms with Crippen LogP contribution in [0.3, 0.4) is 0 Å². The minimum absolute atomic E-state index is 0.00688. The van der Waals surface area contributed by atoms with E-state index in [1.54, 1.807) is 43.7 Å². The summed E-state index contributed by atoms with van der Waals surface area (Å²) in [4.78, 5) is 144. The lowest BCUT2D eigenvalue weighted by Crippen LogP contribution is -2.52. The SMILES string of the molecule is C/C=C(\NC(=O)c1csc(-c2csc(-c3ccc4c(n3)-c3csc(n3)C(C(C)OC(=O)NCc3cc5cc(C)ccc5[nH]3)NC(=O)c3csc(n3)C(C(C)(C)O)NC(=O)c3csc(n3)/C(=C/C)NC(=O)C(C(C)O)NC(=O)c3csc-4n3)n2)n1)C(=O)NCC(C)=O. The van der Waals surface area contributed by atoms with Crippen LogP contribution < -0.4 is 37.2 Å². The van der Waals surface area contributed by atoms with Crippen LogP contribution in [0.4, 0.5) is 4.79 Å². The molecule has 0 spiro atoms. The van der Waals surface area contributed by atoms with E-state index in [1.165, 1.54) is 72.7 Å². The molecule has 0 saturated heterocycles. The van der Waals surface area contributed by atoms with Crippen LogP contribution >= 0.6 is 68.0 Å². The quantitative estimate of drug-likeness (QED) is 0.0496. The number of aromatic nitrogens is 8. The van der Waals surface area contributed by atoms with E-state index in [2.05, 4.69) is 62.1 Å². The van der Waals surface area contributed by atoms with Gasteiger partial charge in [0, 0.05) is 49.1 Å². The molecule has 0 saturated carbocycles. The van der Waals surface area contributed by atoms with Gasteiger partial charge >= 0.3 is 6.09 Å². The van der Waals surface area contributed by atoms with Crippen molar-refractivity contribution in [2.24, 2.45) is 0 Å². The number of benzene rings is 1. The molecule has 9 aromatic rings. The second kappa shape index (κ2) is 27.5. The fourth-order valence-corrected chi connectivity index (χ4v) is 14.3. The monoisotopic (exact) mass is 1340 g/mol. The number of ether oxygens (including phenoxy) is 1. The zero-order valence-electron chi connectivity index (χ0n) is 49.5. The normalized spacial score (nSPS) is 17.1. The highest BCUT2D eigenvalue weighted by Gasteiger charge is 2.36. The lowest BCUT2D eigenvalue weighted by Gasteiger charge is -2.28. The van der Waals surface area contributed by atoms with E-state index in [1.807, 2.05) is 31.2 Å². The number of alkyl carbamates (subject to hydrolysis) is 1. The third kappa shape index (κ3) is 15.0. The minimum Gasteiger partial charge on any atom is -0.444 e. The Bertz CT molecular complexity index is 4370. The second-order valence-corrected chi connectivity index (χ2v) is 26.4. The number of fused-ring (bicyclic) bond motifs is 12. The first-order chi connectivity index (χ1) is 43.4. The van der Waals surface area contributed by atoms with Crippen molar-refractivity contribution in [3.8, 4) is 43.4 Å². The fraction of sp³-hybridized carbons (Fsp3) is 0.271. The van der Waals surface area contributed by atoms with Gasteiger partial charge in [0.15, 0.2) is 0 Å². The number of aliphatic hydroxyl groups is 2. The van der Waals surface area contributed by atoms with Crippen LogP contribution in [-0.4, -0.2) is 128 Å². The van der Waals surface area contributed by atoms with Gasteiger partial charge in [-0.15, -0.1) is 68.0 Å². The highest BCUT2D eigenvalue weighted by atomic mass is 32.1. The van der Waals surface area contributed by atoms with Crippen molar-refractivity contribution in [1.29, 1.82) is 0 Å². The first-order valence-electron chi connectivity index (χ1n) is 27.8. The van der Waals surface area contributed by atoms with Crippen molar-refractivity contribution in [3.63, 3.8) is 0 Å². The first kappa shape index (κ1) is 64.8. The molecule has 0 aliphatic carbocycles. The third-order valence-corrected chi connectivity index (χ3v) is 19.0. The lowest BCUT2D eigenvalue weighted by molar-refractivity contribution is -0.124. The van der Waals surface area contributed by atoms with Crippen LogP contribution in [0.25, 0.3) is 60.0 Å². The Morgan fingerprint density at radius 2 is 1.31 bits per heavy atom. The molecular formula is C59H57N15O11S6. The molecule has 0 radical (unpaired) electrons. The Morgan fingerprint density at radius 1 is 0.692 bits per heavy atom. The largest absolute Gasteiger partial charge is 0.444 e. The number of amides is 7. The molecule has 1 aliphatic heterocycles. The molecule has 5 atom stereocenters. The molecule has 8 aromatic heterocycles. The number of hydrogen-bond acceptors (Lipinski definition) is 24. The van der Waals surface area contributed by atoms with Crippen LogP contribution in [0.15, 0.2) is 86.5 Å². The predicted octanol–water partition coefficient (Wildman–Crippen LogP) is 7.61. The number of aromatic amines is 1. The summed E-state index contributed by atoms with van der Waals surface area (Å²) in [5.74, 6) is -4.64. The second-order valence-electron chi connectivity index (χ2n) is 21.2. The minimum atomic E-state index is -1.65. The zero-order valence-corrected chi connectivity index (χ0v) is 54.4. The van der Waals surface area contributed by atoms with Gasteiger partial charge in [-0.05, 0) is 91.1 Å². The average molecular weight is 1340 g/mol. The standard InChI is InChI=1S/C59H57N15O11S6/c1-9-32(46(77)60-17-26(4)75)64-47(78)37-21-88-55(69-37)41-24-89-54(71-41)35-14-12-31-44(63-35)36-19-90-56(66-36)43(28(6)85-58(83)61-18-30-16-29-15-25(3)11-13-34(29)62-30)73-49(80)39-23-91-57(70-39)45(59(7,8)84)74-50(81)40-22-87-53(68-40)33(10-2)65-51(82)42(27(5)76)72-48(79)38-20-86-52(31)67-38/h9-16,19-24,27-28,42-43,45,62,76,84H,17-18H2,1-8H3,(H,60,77)(H,61,83)(H,64,78)(H,65,82)(H,72,79)(H,73,80)(H,74,81)/b32-9-,33-10-. The summed E-state index contributed by atoms with van der Waals surface area (Å²) in [5.41, 5.74) is 2.45. The number of aryl methyl sites for hydroxylation is 1. The summed E-state index contributed by atoms with van der Waals surface area (Å²) >= 11 is 6.56. The van der Waals surface area contributed by atoms with Crippen molar-refractivity contribution >= 4 is 132 Å². The van der Waals surface area contributed by atoms with Gasteiger partial charge in [-0.25, -0.2) is 39.7 Å². The van der Waals surface area contributed by atoms with E-state index in [9.17, 15) is 48.6 Å². The van der Waals surface area contributed by atoms with Crippen LogP contribution in [0, 0.1) is 6.92 Å². The summed E-state index contributed by atoms with van der Waals surface area (Å²) in [6.07, 6.45) is -0.416. The molecule has 32 heteroatoms. The highest BCUT2D eigenvalue weighted by molar-refractivity contribution is 7.15. The number of H-pyrrole nitrogens is 1. The van der Waals surface area contributed by atoms with Gasteiger partial charge in [-0.1, -0.05) is 23.8 Å². The number of Topliss-reactive ketones (excluding diaryl/α,β-unsaturated/α-hetero) is 1. The number of carbonyl (C=O) groups excluding carboxylic acids is 8. The van der Waals surface area contributed by atoms with E-state index < -0.39 is 77.5 Å². The number of nitrogens with zero attached hydrogens (tertiary/aromatic N) is 7. The summed E-state index contributed by atoms with van der Waals surface area (Å²) in [5, 5.41) is 53.1. The van der Waals surface area contributed by atoms with Crippen LogP contribution in [0.2, 0.25) is 0 Å². The summed E-state index contributed by atoms with van der Waals surface area (Å²) < 4.78 is 6.00. The van der Waals surface area contributed by atoms with Crippen molar-refractivity contribution in [2.45, 2.75) is 97.9 Å². The summed E-state index contributed by atoms with van der Waals surface area (Å²) in [7, 11) is 0. The van der Waals surface area contributed by atoms with Crippen LogP contribution in [-0.2, 0) is 25.7 Å². The van der Waals surface area contributed by atoms with E-state index >= 15 is 0 Å². The number of thiazole rings is 6. The van der Waals surface area contributed by atoms with Gasteiger partial charge in [0.1, 0.15) is 106 Å². The Hall–Kier alpha value is -9.15. The van der Waals surface area contributed by atoms with Gasteiger partial charge in [0.05, 0.1) is 36.2 Å². The van der Waals surface area contributed by atoms with Crippen molar-refractivity contribution < 1.29 is 53.3 Å². The van der Waals surface area contributed by atoms with Gasteiger partial charge < -0.3 is 57.2 Å². The number of hydrogen-bond donors (Lipinski definition) is 10. The molecule has 91 heavy (non-hydrogen) atoms. The fourth-order valence-electron chi connectivity index (χ4n) is 9.02. The molecule has 1 aromatic carbocycles. The maximum Gasteiger partial charge on any atom is 0.407 e. The van der Waals surface area contributed by atoms with Crippen molar-refractivity contribution in [3.05, 3.63) is 136 Å². The molecule has 5 unspecified atom stereocenters. The molecule has 1 aliphatic rings. The highest BCUT2D eigenvalue weighted by Crippen LogP contribution is 2.39. The molecule has 7 amide bonds. The molecule has 26 nitrogen and oxygen atoms in total. The van der Waals surface area contributed by atoms with Gasteiger partial charge in [-0.3, -0.25) is 33.6 Å².